The Morgan fingerprint density at radius 3 is 2.54 bits per heavy atom. The monoisotopic (exact) mass is 514 g/mol. The summed E-state index contributed by atoms with van der Waals surface area (Å²) in [5.74, 6) is -2.92. The highest BCUT2D eigenvalue weighted by Crippen LogP contribution is 2.32. The van der Waals surface area contributed by atoms with E-state index in [-0.39, 0.29) is 25.9 Å². The number of hydrogen-bond acceptors (Lipinski definition) is 9. The number of hydrogen-bond donors (Lipinski definition) is 2. The Bertz CT molecular complexity index is 906. The summed E-state index contributed by atoms with van der Waals surface area (Å²) in [6.45, 7) is 3.81. The van der Waals surface area contributed by atoms with Gasteiger partial charge in [0.05, 0.1) is 18.9 Å². The van der Waals surface area contributed by atoms with E-state index < -0.39 is 54.4 Å². The summed E-state index contributed by atoms with van der Waals surface area (Å²) < 4.78 is 21.9. The third-order valence-electron chi connectivity index (χ3n) is 5.37. The first kappa shape index (κ1) is 28.5. The summed E-state index contributed by atoms with van der Waals surface area (Å²) in [7, 11) is 0. The van der Waals surface area contributed by atoms with Crippen LogP contribution in [-0.4, -0.2) is 71.2 Å². The van der Waals surface area contributed by atoms with Gasteiger partial charge in [-0.2, -0.15) is 0 Å². The zero-order valence-electron chi connectivity index (χ0n) is 19.9. The van der Waals surface area contributed by atoms with Gasteiger partial charge in [-0.3, -0.25) is 19.2 Å². The number of aliphatic carboxylic acids is 1. The van der Waals surface area contributed by atoms with E-state index in [9.17, 15) is 24.3 Å². The molecule has 35 heavy (non-hydrogen) atoms. The highest BCUT2D eigenvalue weighted by molar-refractivity contribution is 6.29. The molecule has 10 nitrogen and oxygen atoms in total. The minimum atomic E-state index is -1.23. The van der Waals surface area contributed by atoms with Crippen molar-refractivity contribution in [2.45, 2.75) is 83.4 Å². The largest absolute Gasteiger partial charge is 0.481 e. The molecule has 194 valence electrons. The first-order valence-corrected chi connectivity index (χ1v) is 11.6. The highest BCUT2D eigenvalue weighted by atomic mass is 35.5. The summed E-state index contributed by atoms with van der Waals surface area (Å²) >= 11 is 6.37. The molecule has 1 saturated heterocycles. The van der Waals surface area contributed by atoms with E-state index in [1.165, 1.54) is 19.9 Å². The number of aliphatic hydroxyl groups excluding tert-OH is 1. The first-order chi connectivity index (χ1) is 16.4. The van der Waals surface area contributed by atoms with Gasteiger partial charge in [-0.1, -0.05) is 35.4 Å². The van der Waals surface area contributed by atoms with Crippen LogP contribution in [-0.2, 0) is 38.1 Å². The molecule has 2 N–H and O–H groups in total. The Hall–Kier alpha value is -2.69. The molecular formula is C24H31ClO10. The SMILES string of the molecule is CC(=O)OC/C1=C/C/C=C(/Cl)C[C@H]2C[C@@H](OC(=O)CC1OC(C)=O)[C@H](C(O)/C=C(\C)CC(=O)O)O2. The third kappa shape index (κ3) is 9.83. The van der Waals surface area contributed by atoms with E-state index in [0.717, 1.165) is 0 Å². The Kier molecular flexibility index (Phi) is 10.9. The van der Waals surface area contributed by atoms with Gasteiger partial charge in [0.15, 0.2) is 0 Å². The number of rotatable bonds is 7. The Balaban J connectivity index is 2.31. The lowest BCUT2D eigenvalue weighted by molar-refractivity contribution is -0.159. The number of fused-ring (bicyclic) bond motifs is 2. The topological polar surface area (TPSA) is 146 Å². The lowest BCUT2D eigenvalue weighted by atomic mass is 10.0. The van der Waals surface area contributed by atoms with Gasteiger partial charge >= 0.3 is 23.9 Å². The molecule has 2 unspecified atom stereocenters. The van der Waals surface area contributed by atoms with Crippen LogP contribution in [0, 0.1) is 0 Å². The zero-order chi connectivity index (χ0) is 26.1. The summed E-state index contributed by atoms with van der Waals surface area (Å²) in [6, 6.07) is 0. The summed E-state index contributed by atoms with van der Waals surface area (Å²) in [4.78, 5) is 46.8. The Morgan fingerprint density at radius 2 is 1.91 bits per heavy atom. The van der Waals surface area contributed by atoms with Crippen LogP contribution < -0.4 is 0 Å². The molecule has 0 aromatic rings. The summed E-state index contributed by atoms with van der Waals surface area (Å²) in [5, 5.41) is 20.1. The molecule has 2 aliphatic heterocycles. The van der Waals surface area contributed by atoms with Gasteiger partial charge in [-0.25, -0.2) is 0 Å². The fraction of sp³-hybridized carbons (Fsp3) is 0.583. The Labute approximate surface area is 208 Å². The maximum atomic E-state index is 12.8. The van der Waals surface area contributed by atoms with Crippen molar-refractivity contribution in [2.75, 3.05) is 6.61 Å². The van der Waals surface area contributed by atoms with Crippen LogP contribution in [0.3, 0.4) is 0 Å². The van der Waals surface area contributed by atoms with Crippen molar-refractivity contribution < 1.29 is 48.3 Å². The van der Waals surface area contributed by atoms with Gasteiger partial charge < -0.3 is 29.2 Å². The second kappa shape index (κ2) is 13.4. The predicted octanol–water partition coefficient (Wildman–Crippen LogP) is 2.57. The number of aliphatic hydroxyl groups is 1. The number of halogens is 1. The average Bonchev–Trinajstić information content (AvgIpc) is 3.10. The second-order valence-electron chi connectivity index (χ2n) is 8.51. The van der Waals surface area contributed by atoms with Crippen LogP contribution in [0.1, 0.15) is 52.9 Å². The van der Waals surface area contributed by atoms with Crippen LogP contribution in [0.5, 0.6) is 0 Å². The molecule has 0 aromatic heterocycles. The molecule has 0 aliphatic carbocycles. The fourth-order valence-electron chi connectivity index (χ4n) is 3.91. The fourth-order valence-corrected chi connectivity index (χ4v) is 4.18. The molecule has 2 aliphatic rings. The van der Waals surface area contributed by atoms with E-state index in [1.54, 1.807) is 19.1 Å². The molecule has 0 saturated carbocycles. The number of carbonyl (C=O) groups is 4. The predicted molar refractivity (Wildman–Crippen MR) is 123 cm³/mol. The number of carbonyl (C=O) groups excluding carboxylic acids is 3. The maximum absolute atomic E-state index is 12.8. The van der Waals surface area contributed by atoms with Gasteiger partial charge in [-0.05, 0) is 13.3 Å². The number of esters is 3. The number of carboxylic acids is 1. The standard InChI is InChI=1S/C24H31ClO10/c1-13(8-22(29)30)7-19(28)24-21-10-18(34-24)9-17(25)6-4-5-16(12-32-14(2)26)20(33-15(3)27)11-23(31)35-21/h5-7,18-21,24,28H,4,8-12H2,1-3H3,(H,29,30)/b13-7+,16-5-,17-6+/t18-,19?,20?,21+,24-/m0/s1. The lowest BCUT2D eigenvalue weighted by Gasteiger charge is -2.24. The lowest BCUT2D eigenvalue weighted by Crippen LogP contribution is -2.37. The molecule has 2 bridgehead atoms. The number of carboxylic acid groups (broad SMARTS) is 1. The molecular weight excluding hydrogens is 484 g/mol. The van der Waals surface area contributed by atoms with E-state index >= 15 is 0 Å². The van der Waals surface area contributed by atoms with Crippen molar-refractivity contribution in [1.82, 2.24) is 0 Å². The van der Waals surface area contributed by atoms with Gasteiger partial charge in [0.25, 0.3) is 0 Å². The maximum Gasteiger partial charge on any atom is 0.310 e. The van der Waals surface area contributed by atoms with E-state index in [0.29, 0.717) is 29.0 Å². The van der Waals surface area contributed by atoms with Crippen LogP contribution >= 0.6 is 11.6 Å². The van der Waals surface area contributed by atoms with Gasteiger partial charge in [0.1, 0.15) is 31.0 Å². The molecule has 1 fully saturated rings. The summed E-state index contributed by atoms with van der Waals surface area (Å²) in [5.41, 5.74) is 0.821. The van der Waals surface area contributed by atoms with Crippen molar-refractivity contribution in [1.29, 1.82) is 0 Å². The smallest absolute Gasteiger partial charge is 0.310 e. The minimum Gasteiger partial charge on any atom is -0.481 e. The van der Waals surface area contributed by atoms with Crippen molar-refractivity contribution in [3.05, 3.63) is 34.4 Å². The van der Waals surface area contributed by atoms with E-state index in [2.05, 4.69) is 0 Å². The molecule has 2 rings (SSSR count). The molecule has 0 spiro atoms. The van der Waals surface area contributed by atoms with E-state index in [4.69, 9.17) is 35.7 Å². The van der Waals surface area contributed by atoms with Crippen LogP contribution in [0.2, 0.25) is 0 Å². The normalized spacial score (nSPS) is 29.6. The molecule has 0 amide bonds. The second-order valence-corrected chi connectivity index (χ2v) is 9.00. The van der Waals surface area contributed by atoms with Crippen molar-refractivity contribution in [3.8, 4) is 0 Å². The van der Waals surface area contributed by atoms with Crippen molar-refractivity contribution >= 4 is 35.5 Å². The number of allylic oxidation sites excluding steroid dienone is 2. The molecule has 0 radical (unpaired) electrons. The molecule has 2 heterocycles. The van der Waals surface area contributed by atoms with Crippen LogP contribution in [0.4, 0.5) is 0 Å². The van der Waals surface area contributed by atoms with Crippen LogP contribution in [0.15, 0.2) is 34.4 Å². The van der Waals surface area contributed by atoms with Gasteiger partial charge in [-0.15, -0.1) is 0 Å². The molecule has 0 aromatic carbocycles. The Morgan fingerprint density at radius 1 is 1.20 bits per heavy atom. The molecule has 5 atom stereocenters. The van der Waals surface area contributed by atoms with Gasteiger partial charge in [0.2, 0.25) is 0 Å². The average molecular weight is 515 g/mol. The minimum absolute atomic E-state index is 0.184. The zero-order valence-corrected chi connectivity index (χ0v) is 20.7. The molecule has 11 heteroatoms. The highest BCUT2D eigenvalue weighted by Gasteiger charge is 2.42. The van der Waals surface area contributed by atoms with E-state index in [1.807, 2.05) is 0 Å². The van der Waals surface area contributed by atoms with Crippen molar-refractivity contribution in [2.24, 2.45) is 0 Å². The van der Waals surface area contributed by atoms with Gasteiger partial charge in [0, 0.05) is 37.3 Å². The van der Waals surface area contributed by atoms with Crippen molar-refractivity contribution in [3.63, 3.8) is 0 Å². The third-order valence-corrected chi connectivity index (χ3v) is 5.68. The summed E-state index contributed by atoms with van der Waals surface area (Å²) in [6.07, 6.45) is 0.546. The quantitative estimate of drug-likeness (QED) is 0.295. The van der Waals surface area contributed by atoms with Crippen LogP contribution in [0.25, 0.3) is 0 Å². The number of ether oxygens (including phenoxy) is 4. The first-order valence-electron chi connectivity index (χ1n) is 11.2.